The van der Waals surface area contributed by atoms with Gasteiger partial charge in [-0.25, -0.2) is 0 Å². The SMILES string of the molecule is CC(CC(N)=O)C(=N)N. The molecule has 4 heteroatoms. The number of hydrogen-bond donors (Lipinski definition) is 3. The molecule has 0 saturated heterocycles. The second-order valence-corrected chi connectivity index (χ2v) is 2.03. The Balaban J connectivity index is 3.63. The van der Waals surface area contributed by atoms with E-state index in [0.717, 1.165) is 0 Å². The maximum atomic E-state index is 10.2. The monoisotopic (exact) mass is 129 g/mol. The third-order valence-electron chi connectivity index (χ3n) is 1.04. The first-order valence-corrected chi connectivity index (χ1v) is 2.66. The highest BCUT2D eigenvalue weighted by molar-refractivity contribution is 5.85. The van der Waals surface area contributed by atoms with Gasteiger partial charge in [-0.3, -0.25) is 10.2 Å². The van der Waals surface area contributed by atoms with Gasteiger partial charge in [-0.05, 0) is 0 Å². The summed E-state index contributed by atoms with van der Waals surface area (Å²) in [6.45, 7) is 1.69. The van der Waals surface area contributed by atoms with Crippen LogP contribution < -0.4 is 11.5 Å². The maximum Gasteiger partial charge on any atom is 0.218 e. The van der Waals surface area contributed by atoms with E-state index in [1.165, 1.54) is 0 Å². The minimum absolute atomic E-state index is 0.00815. The quantitative estimate of drug-likeness (QED) is 0.352. The molecule has 0 bridgehead atoms. The molecule has 1 unspecified atom stereocenters. The van der Waals surface area contributed by atoms with Gasteiger partial charge in [0.1, 0.15) is 0 Å². The molecule has 0 rings (SSSR count). The fourth-order valence-electron chi connectivity index (χ4n) is 0.412. The first kappa shape index (κ1) is 7.94. The Bertz CT molecular complexity index is 132. The number of nitrogens with one attached hydrogen (secondary N) is 1. The Hall–Kier alpha value is -1.06. The van der Waals surface area contributed by atoms with Crippen molar-refractivity contribution in [1.29, 1.82) is 5.41 Å². The number of carbonyl (C=O) groups excluding carboxylic acids is 1. The molecule has 0 aromatic rings. The van der Waals surface area contributed by atoms with Gasteiger partial charge < -0.3 is 11.5 Å². The molecular formula is C5H11N3O. The number of amides is 1. The van der Waals surface area contributed by atoms with Crippen LogP contribution >= 0.6 is 0 Å². The molecule has 0 aliphatic heterocycles. The lowest BCUT2D eigenvalue weighted by Gasteiger charge is -2.04. The van der Waals surface area contributed by atoms with Crippen LogP contribution in [0.3, 0.4) is 0 Å². The van der Waals surface area contributed by atoms with Gasteiger partial charge >= 0.3 is 0 Å². The predicted molar refractivity (Wildman–Crippen MR) is 34.9 cm³/mol. The molecule has 52 valence electrons. The molecule has 0 saturated carbocycles. The summed E-state index contributed by atoms with van der Waals surface area (Å²) in [6.07, 6.45) is 0.162. The molecule has 0 aromatic heterocycles. The van der Waals surface area contributed by atoms with Crippen molar-refractivity contribution in [2.75, 3.05) is 0 Å². The van der Waals surface area contributed by atoms with Crippen LogP contribution in [0.15, 0.2) is 0 Å². The third kappa shape index (κ3) is 3.52. The molecule has 0 heterocycles. The summed E-state index contributed by atoms with van der Waals surface area (Å²) >= 11 is 0. The normalized spacial score (nSPS) is 12.6. The van der Waals surface area contributed by atoms with Gasteiger partial charge in [-0.2, -0.15) is 0 Å². The van der Waals surface area contributed by atoms with Crippen LogP contribution in [0.1, 0.15) is 13.3 Å². The van der Waals surface area contributed by atoms with E-state index >= 15 is 0 Å². The smallest absolute Gasteiger partial charge is 0.218 e. The van der Waals surface area contributed by atoms with Crippen LogP contribution in [0.25, 0.3) is 0 Å². The largest absolute Gasteiger partial charge is 0.387 e. The maximum absolute atomic E-state index is 10.2. The lowest BCUT2D eigenvalue weighted by molar-refractivity contribution is -0.118. The van der Waals surface area contributed by atoms with Crippen molar-refractivity contribution in [3.8, 4) is 0 Å². The zero-order valence-corrected chi connectivity index (χ0v) is 5.35. The van der Waals surface area contributed by atoms with E-state index in [0.29, 0.717) is 0 Å². The van der Waals surface area contributed by atoms with Gasteiger partial charge in [0.25, 0.3) is 0 Å². The van der Waals surface area contributed by atoms with Gasteiger partial charge in [-0.1, -0.05) is 6.92 Å². The van der Waals surface area contributed by atoms with E-state index in [4.69, 9.17) is 16.9 Å². The third-order valence-corrected chi connectivity index (χ3v) is 1.04. The summed E-state index contributed by atoms with van der Waals surface area (Å²) < 4.78 is 0. The number of nitrogens with two attached hydrogens (primary N) is 2. The van der Waals surface area contributed by atoms with Crippen LogP contribution in [0.2, 0.25) is 0 Å². The summed E-state index contributed by atoms with van der Waals surface area (Å²) in [6, 6.07) is 0. The average Bonchev–Trinajstić information content (AvgIpc) is 1.63. The summed E-state index contributed by atoms with van der Waals surface area (Å²) in [5.74, 6) is -0.631. The van der Waals surface area contributed by atoms with Crippen molar-refractivity contribution in [3.05, 3.63) is 0 Å². The summed E-state index contributed by atoms with van der Waals surface area (Å²) in [7, 11) is 0. The Kier molecular flexibility index (Phi) is 2.70. The topological polar surface area (TPSA) is 93.0 Å². The molecular weight excluding hydrogens is 118 g/mol. The van der Waals surface area contributed by atoms with Crippen molar-refractivity contribution < 1.29 is 4.79 Å². The first-order chi connectivity index (χ1) is 4.04. The van der Waals surface area contributed by atoms with E-state index in [9.17, 15) is 4.79 Å². The lowest BCUT2D eigenvalue weighted by atomic mass is 10.1. The van der Waals surface area contributed by atoms with Crippen molar-refractivity contribution >= 4 is 11.7 Å². The molecule has 5 N–H and O–H groups in total. The minimum atomic E-state index is -0.419. The van der Waals surface area contributed by atoms with E-state index in [2.05, 4.69) is 0 Å². The van der Waals surface area contributed by atoms with Gasteiger partial charge in [0.05, 0.1) is 5.84 Å². The Morgan fingerprint density at radius 3 is 2.22 bits per heavy atom. The van der Waals surface area contributed by atoms with Crippen molar-refractivity contribution in [2.24, 2.45) is 17.4 Å². The number of rotatable bonds is 3. The first-order valence-electron chi connectivity index (χ1n) is 2.66. The van der Waals surface area contributed by atoms with E-state index < -0.39 is 5.91 Å². The molecule has 0 aliphatic carbocycles. The van der Waals surface area contributed by atoms with Crippen LogP contribution in [0.4, 0.5) is 0 Å². The average molecular weight is 129 g/mol. The van der Waals surface area contributed by atoms with Crippen LogP contribution in [-0.4, -0.2) is 11.7 Å². The fraction of sp³-hybridized carbons (Fsp3) is 0.600. The highest BCUT2D eigenvalue weighted by atomic mass is 16.1. The number of hydrogen-bond acceptors (Lipinski definition) is 2. The van der Waals surface area contributed by atoms with Crippen molar-refractivity contribution in [1.82, 2.24) is 0 Å². The van der Waals surface area contributed by atoms with Crippen molar-refractivity contribution in [3.63, 3.8) is 0 Å². The standard InChI is InChI=1S/C5H11N3O/c1-3(5(7)8)2-4(6)9/h3H,2H2,1H3,(H2,6,9)(H3,7,8). The predicted octanol–water partition coefficient (Wildman–Crippen LogP) is -0.566. The zero-order valence-electron chi connectivity index (χ0n) is 5.35. The molecule has 1 amide bonds. The van der Waals surface area contributed by atoms with Gasteiger partial charge in [-0.15, -0.1) is 0 Å². The summed E-state index contributed by atoms with van der Waals surface area (Å²) in [4.78, 5) is 10.2. The van der Waals surface area contributed by atoms with Crippen LogP contribution in [0.5, 0.6) is 0 Å². The number of carbonyl (C=O) groups is 1. The second-order valence-electron chi connectivity index (χ2n) is 2.03. The van der Waals surface area contributed by atoms with Gasteiger partial charge in [0, 0.05) is 12.3 Å². The molecule has 4 nitrogen and oxygen atoms in total. The summed E-state index contributed by atoms with van der Waals surface area (Å²) in [5, 5.41) is 6.86. The highest BCUT2D eigenvalue weighted by Gasteiger charge is 2.07. The molecule has 1 atom stereocenters. The van der Waals surface area contributed by atoms with Crippen molar-refractivity contribution in [2.45, 2.75) is 13.3 Å². The fourth-order valence-corrected chi connectivity index (χ4v) is 0.412. The zero-order chi connectivity index (χ0) is 7.44. The van der Waals surface area contributed by atoms with Gasteiger partial charge in [0.15, 0.2) is 0 Å². The Labute approximate surface area is 53.7 Å². The number of primary amides is 1. The molecule has 9 heavy (non-hydrogen) atoms. The highest BCUT2D eigenvalue weighted by Crippen LogP contribution is 1.97. The molecule has 0 aliphatic rings. The molecule has 0 spiro atoms. The Morgan fingerprint density at radius 1 is 1.67 bits per heavy atom. The van der Waals surface area contributed by atoms with E-state index in [1.54, 1.807) is 6.92 Å². The summed E-state index contributed by atoms with van der Waals surface area (Å²) in [5.41, 5.74) is 9.90. The van der Waals surface area contributed by atoms with E-state index in [1.807, 2.05) is 0 Å². The van der Waals surface area contributed by atoms with Crippen LogP contribution in [-0.2, 0) is 4.79 Å². The lowest BCUT2D eigenvalue weighted by Crippen LogP contribution is -2.25. The van der Waals surface area contributed by atoms with Crippen LogP contribution in [0, 0.1) is 11.3 Å². The number of amidine groups is 1. The Morgan fingerprint density at radius 2 is 2.11 bits per heavy atom. The molecule has 0 aromatic carbocycles. The van der Waals surface area contributed by atoms with Gasteiger partial charge in [0.2, 0.25) is 5.91 Å². The van der Waals surface area contributed by atoms with E-state index in [-0.39, 0.29) is 18.2 Å². The molecule has 0 radical (unpaired) electrons. The minimum Gasteiger partial charge on any atom is -0.387 e. The molecule has 0 fully saturated rings. The second kappa shape index (κ2) is 3.06.